The van der Waals surface area contributed by atoms with Crippen molar-refractivity contribution in [2.75, 3.05) is 10.7 Å². The molecule has 0 bridgehead atoms. The second kappa shape index (κ2) is 5.99. The van der Waals surface area contributed by atoms with Crippen LogP contribution in [0.2, 0.25) is 0 Å². The van der Waals surface area contributed by atoms with Gasteiger partial charge in [0.2, 0.25) is 0 Å². The third-order valence-corrected chi connectivity index (χ3v) is 4.16. The maximum absolute atomic E-state index is 5.47. The van der Waals surface area contributed by atoms with Gasteiger partial charge in [0.15, 0.2) is 0 Å². The molecule has 2 rings (SSSR count). The van der Waals surface area contributed by atoms with Crippen LogP contribution in [0.5, 0.6) is 0 Å². The topological polar surface area (TPSA) is 75.9 Å². The maximum Gasteiger partial charge on any atom is 0.148 e. The van der Waals surface area contributed by atoms with Crippen molar-refractivity contribution in [3.63, 3.8) is 0 Å². The summed E-state index contributed by atoms with van der Waals surface area (Å²) in [5.41, 5.74) is 3.62. The van der Waals surface area contributed by atoms with Gasteiger partial charge in [-0.15, -0.1) is 11.3 Å². The first-order chi connectivity index (χ1) is 9.15. The molecule has 5 nitrogen and oxygen atoms in total. The molecule has 6 heteroatoms. The molecule has 2 heterocycles. The van der Waals surface area contributed by atoms with Gasteiger partial charge in [0, 0.05) is 15.3 Å². The molecule has 1 atom stereocenters. The summed E-state index contributed by atoms with van der Waals surface area (Å²) in [7, 11) is 0. The Morgan fingerprint density at radius 3 is 2.63 bits per heavy atom. The summed E-state index contributed by atoms with van der Waals surface area (Å²) in [6.07, 6.45) is 2.34. The van der Waals surface area contributed by atoms with Gasteiger partial charge in [-0.2, -0.15) is 0 Å². The Kier molecular flexibility index (Phi) is 4.34. The minimum absolute atomic E-state index is 0.213. The molecule has 4 N–H and O–H groups in total. The van der Waals surface area contributed by atoms with Crippen LogP contribution in [0.15, 0.2) is 18.5 Å². The standard InChI is InChI=1S/C13H19N5S/c1-4-10-12(15-7-16-13(10)18-14)17-9(3)11-6-5-8(2)19-11/h5-7,9H,4,14H2,1-3H3,(H2,15,16,17,18). The van der Waals surface area contributed by atoms with Crippen molar-refractivity contribution in [3.8, 4) is 0 Å². The molecule has 0 aliphatic carbocycles. The fourth-order valence-electron chi connectivity index (χ4n) is 1.96. The number of hydrazine groups is 1. The van der Waals surface area contributed by atoms with E-state index in [9.17, 15) is 0 Å². The normalized spacial score (nSPS) is 12.2. The van der Waals surface area contributed by atoms with Gasteiger partial charge in [-0.1, -0.05) is 6.92 Å². The Hall–Kier alpha value is -1.66. The molecule has 0 aliphatic rings. The molecule has 0 amide bonds. The van der Waals surface area contributed by atoms with Gasteiger partial charge in [0.1, 0.15) is 18.0 Å². The number of rotatable bonds is 5. The first kappa shape index (κ1) is 13.8. The number of hydrogen-bond acceptors (Lipinski definition) is 6. The van der Waals surface area contributed by atoms with Gasteiger partial charge in [-0.25, -0.2) is 15.8 Å². The van der Waals surface area contributed by atoms with Crippen LogP contribution in [0.1, 0.15) is 35.2 Å². The van der Waals surface area contributed by atoms with E-state index in [0.717, 1.165) is 17.8 Å². The fraction of sp³-hybridized carbons (Fsp3) is 0.385. The van der Waals surface area contributed by atoms with E-state index in [2.05, 4.69) is 53.6 Å². The minimum Gasteiger partial charge on any atom is -0.362 e. The number of hydrogen-bond donors (Lipinski definition) is 3. The fourth-order valence-corrected chi connectivity index (χ4v) is 2.84. The molecule has 0 saturated carbocycles. The third kappa shape index (κ3) is 3.02. The summed E-state index contributed by atoms with van der Waals surface area (Å²) in [4.78, 5) is 11.0. The van der Waals surface area contributed by atoms with E-state index in [1.54, 1.807) is 11.3 Å². The van der Waals surface area contributed by atoms with E-state index in [4.69, 9.17) is 5.84 Å². The largest absolute Gasteiger partial charge is 0.362 e. The number of nitrogens with one attached hydrogen (secondary N) is 2. The van der Waals surface area contributed by atoms with E-state index in [1.165, 1.54) is 16.1 Å². The van der Waals surface area contributed by atoms with Gasteiger partial charge in [-0.3, -0.25) is 0 Å². The average molecular weight is 277 g/mol. The lowest BCUT2D eigenvalue weighted by molar-refractivity contribution is 0.881. The summed E-state index contributed by atoms with van der Waals surface area (Å²) in [6, 6.07) is 4.49. The van der Waals surface area contributed by atoms with Crippen LogP contribution in [0.25, 0.3) is 0 Å². The molecule has 0 saturated heterocycles. The van der Waals surface area contributed by atoms with Crippen molar-refractivity contribution in [1.82, 2.24) is 9.97 Å². The number of anilines is 2. The van der Waals surface area contributed by atoms with Crippen molar-refractivity contribution in [3.05, 3.63) is 33.8 Å². The summed E-state index contributed by atoms with van der Waals surface area (Å²) < 4.78 is 0. The molecular formula is C13H19N5S. The monoisotopic (exact) mass is 277 g/mol. The first-order valence-electron chi connectivity index (χ1n) is 6.29. The Labute approximate surface area is 117 Å². The maximum atomic E-state index is 5.47. The lowest BCUT2D eigenvalue weighted by Crippen LogP contribution is -2.15. The third-order valence-electron chi connectivity index (χ3n) is 2.98. The van der Waals surface area contributed by atoms with E-state index in [1.807, 2.05) is 0 Å². The molecule has 0 radical (unpaired) electrons. The van der Waals surface area contributed by atoms with Crippen LogP contribution in [-0.4, -0.2) is 9.97 Å². The SMILES string of the molecule is CCc1c(NN)ncnc1NC(C)c1ccc(C)s1. The smallest absolute Gasteiger partial charge is 0.148 e. The van der Waals surface area contributed by atoms with E-state index in [-0.39, 0.29) is 6.04 Å². The zero-order valence-corrected chi connectivity index (χ0v) is 12.2. The van der Waals surface area contributed by atoms with Crippen LogP contribution < -0.4 is 16.6 Å². The van der Waals surface area contributed by atoms with Crippen LogP contribution in [0.3, 0.4) is 0 Å². The van der Waals surface area contributed by atoms with Crippen LogP contribution in [-0.2, 0) is 6.42 Å². The van der Waals surface area contributed by atoms with Gasteiger partial charge < -0.3 is 10.7 Å². The summed E-state index contributed by atoms with van der Waals surface area (Å²) in [5.74, 6) is 6.99. The molecule has 0 fully saturated rings. The van der Waals surface area contributed by atoms with Crippen LogP contribution in [0.4, 0.5) is 11.6 Å². The van der Waals surface area contributed by atoms with E-state index in [0.29, 0.717) is 5.82 Å². The summed E-state index contributed by atoms with van der Waals surface area (Å²) in [6.45, 7) is 6.30. The second-order valence-electron chi connectivity index (χ2n) is 4.36. The highest BCUT2D eigenvalue weighted by Gasteiger charge is 2.13. The average Bonchev–Trinajstić information content (AvgIpc) is 2.85. The predicted molar refractivity (Wildman–Crippen MR) is 80.3 cm³/mol. The Balaban J connectivity index is 2.23. The van der Waals surface area contributed by atoms with Crippen LogP contribution >= 0.6 is 11.3 Å². The minimum atomic E-state index is 0.213. The highest BCUT2D eigenvalue weighted by atomic mass is 32.1. The van der Waals surface area contributed by atoms with Crippen molar-refractivity contribution < 1.29 is 0 Å². The Bertz CT molecular complexity index is 552. The quantitative estimate of drug-likeness (QED) is 0.579. The molecule has 1 unspecified atom stereocenters. The second-order valence-corrected chi connectivity index (χ2v) is 5.68. The number of nitrogen functional groups attached to an aromatic ring is 1. The first-order valence-corrected chi connectivity index (χ1v) is 7.10. The number of aryl methyl sites for hydroxylation is 1. The lowest BCUT2D eigenvalue weighted by Gasteiger charge is -2.17. The summed E-state index contributed by atoms with van der Waals surface area (Å²) in [5, 5.41) is 3.43. The van der Waals surface area contributed by atoms with E-state index < -0.39 is 0 Å². The van der Waals surface area contributed by atoms with Crippen molar-refractivity contribution in [2.24, 2.45) is 5.84 Å². The number of nitrogens with two attached hydrogens (primary N) is 1. The molecule has 102 valence electrons. The molecule has 0 aliphatic heterocycles. The van der Waals surface area contributed by atoms with Crippen molar-refractivity contribution in [2.45, 2.75) is 33.2 Å². The van der Waals surface area contributed by atoms with Gasteiger partial charge in [0.25, 0.3) is 0 Å². The van der Waals surface area contributed by atoms with E-state index >= 15 is 0 Å². The van der Waals surface area contributed by atoms with Crippen LogP contribution in [0, 0.1) is 6.92 Å². The molecule has 2 aromatic rings. The Morgan fingerprint density at radius 1 is 1.32 bits per heavy atom. The van der Waals surface area contributed by atoms with Crippen molar-refractivity contribution >= 4 is 23.0 Å². The van der Waals surface area contributed by atoms with Crippen molar-refractivity contribution in [1.29, 1.82) is 0 Å². The number of thiophene rings is 1. The zero-order valence-electron chi connectivity index (χ0n) is 11.4. The highest BCUT2D eigenvalue weighted by Crippen LogP contribution is 2.27. The molecular weight excluding hydrogens is 258 g/mol. The van der Waals surface area contributed by atoms with Gasteiger partial charge >= 0.3 is 0 Å². The zero-order chi connectivity index (χ0) is 13.8. The predicted octanol–water partition coefficient (Wildman–Crippen LogP) is 2.87. The highest BCUT2D eigenvalue weighted by molar-refractivity contribution is 7.12. The summed E-state index contributed by atoms with van der Waals surface area (Å²) >= 11 is 1.79. The molecule has 2 aromatic heterocycles. The van der Waals surface area contributed by atoms with Gasteiger partial charge in [-0.05, 0) is 32.4 Å². The number of nitrogens with zero attached hydrogens (tertiary/aromatic N) is 2. The number of aromatic nitrogens is 2. The Morgan fingerprint density at radius 2 is 2.05 bits per heavy atom. The molecule has 0 aromatic carbocycles. The molecule has 19 heavy (non-hydrogen) atoms. The lowest BCUT2D eigenvalue weighted by atomic mass is 10.2. The molecule has 0 spiro atoms. The van der Waals surface area contributed by atoms with Gasteiger partial charge in [0.05, 0.1) is 6.04 Å².